The summed E-state index contributed by atoms with van der Waals surface area (Å²) in [6.45, 7) is 6.26. The molecule has 0 aromatic carbocycles. The summed E-state index contributed by atoms with van der Waals surface area (Å²) >= 11 is 0. The fourth-order valence-corrected chi connectivity index (χ4v) is 4.84. The van der Waals surface area contributed by atoms with Gasteiger partial charge in [0.25, 0.3) is 0 Å². The number of aromatic amines is 1. The van der Waals surface area contributed by atoms with Gasteiger partial charge in [-0.3, -0.25) is 0 Å². The van der Waals surface area contributed by atoms with E-state index in [0.717, 1.165) is 55.3 Å². The van der Waals surface area contributed by atoms with Crippen LogP contribution in [0, 0.1) is 22.7 Å². The van der Waals surface area contributed by atoms with Gasteiger partial charge in [0.05, 0.1) is 5.39 Å². The number of nitrogens with zero attached hydrogens (tertiary/aromatic N) is 7. The lowest BCUT2D eigenvalue weighted by molar-refractivity contribution is 0.125. The Kier molecular flexibility index (Phi) is 3.90. The molecule has 0 bridgehead atoms. The predicted octanol–water partition coefficient (Wildman–Crippen LogP) is 2.36. The van der Waals surface area contributed by atoms with Crippen molar-refractivity contribution in [1.29, 1.82) is 5.26 Å². The molecule has 2 saturated heterocycles. The van der Waals surface area contributed by atoms with Crippen LogP contribution in [0.1, 0.15) is 25.5 Å². The fraction of sp³-hybridized carbons (Fsp3) is 0.450. The molecule has 0 radical (unpaired) electrons. The number of rotatable bonds is 2. The summed E-state index contributed by atoms with van der Waals surface area (Å²) in [5.41, 5.74) is 1.38. The second kappa shape index (κ2) is 6.44. The average molecular weight is 374 g/mol. The molecule has 0 saturated carbocycles. The Bertz CT molecular complexity index is 1040. The highest BCUT2D eigenvalue weighted by molar-refractivity contribution is 5.87. The molecule has 2 aliphatic rings. The molecule has 0 unspecified atom stereocenters. The van der Waals surface area contributed by atoms with Crippen LogP contribution in [-0.2, 0) is 0 Å². The largest absolute Gasteiger partial charge is 0.355 e. The fourth-order valence-electron chi connectivity index (χ4n) is 4.84. The maximum atomic E-state index is 8.95. The van der Waals surface area contributed by atoms with Gasteiger partial charge in [0.1, 0.15) is 23.9 Å². The highest BCUT2D eigenvalue weighted by atomic mass is 15.3. The summed E-state index contributed by atoms with van der Waals surface area (Å²) in [6, 6.07) is 7.74. The zero-order valence-electron chi connectivity index (χ0n) is 15.8. The first kappa shape index (κ1) is 16.9. The molecule has 2 atom stereocenters. The van der Waals surface area contributed by atoms with Gasteiger partial charge in [-0.2, -0.15) is 5.26 Å². The van der Waals surface area contributed by atoms with Crippen LogP contribution in [0.25, 0.3) is 11.0 Å². The molecule has 5 heterocycles. The quantitative estimate of drug-likeness (QED) is 0.735. The molecular weight excluding hydrogens is 352 g/mol. The van der Waals surface area contributed by atoms with E-state index in [1.165, 1.54) is 6.42 Å². The number of nitriles is 1. The van der Waals surface area contributed by atoms with Crippen LogP contribution >= 0.6 is 0 Å². The lowest BCUT2D eigenvalue weighted by Crippen LogP contribution is -2.57. The van der Waals surface area contributed by atoms with E-state index in [2.05, 4.69) is 47.9 Å². The maximum Gasteiger partial charge on any atom is 0.163 e. The molecule has 142 valence electrons. The summed E-state index contributed by atoms with van der Waals surface area (Å²) < 4.78 is 0. The van der Waals surface area contributed by atoms with Crippen molar-refractivity contribution < 1.29 is 0 Å². The summed E-state index contributed by atoms with van der Waals surface area (Å²) in [5, 5.41) is 18.3. The molecular formula is C20H22N8. The standard InChI is InChI=1S/C20H22N8/c1-20-11-27(17-3-2-15(10-21)25-26-17)8-5-14(20)6-9-28(12-20)19-16-4-7-22-18(16)23-13-24-19/h2-4,7,13-14H,5-6,8-9,11-12H2,1H3,(H,22,23,24)/t14-,20+/m1/s1. The van der Waals surface area contributed by atoms with Crippen LogP contribution in [-0.4, -0.2) is 51.3 Å². The number of fused-ring (bicyclic) bond motifs is 2. The van der Waals surface area contributed by atoms with Gasteiger partial charge in [-0.15, -0.1) is 10.2 Å². The Balaban J connectivity index is 1.40. The van der Waals surface area contributed by atoms with Crippen molar-refractivity contribution in [3.8, 4) is 6.07 Å². The van der Waals surface area contributed by atoms with Gasteiger partial charge < -0.3 is 14.8 Å². The van der Waals surface area contributed by atoms with Crippen LogP contribution in [0.5, 0.6) is 0 Å². The van der Waals surface area contributed by atoms with Crippen molar-refractivity contribution in [1.82, 2.24) is 25.1 Å². The Morgan fingerprint density at radius 2 is 1.93 bits per heavy atom. The van der Waals surface area contributed by atoms with E-state index in [1.807, 2.05) is 18.3 Å². The van der Waals surface area contributed by atoms with Gasteiger partial charge in [-0.25, -0.2) is 9.97 Å². The minimum Gasteiger partial charge on any atom is -0.355 e. The van der Waals surface area contributed by atoms with Gasteiger partial charge in [-0.05, 0) is 37.0 Å². The highest BCUT2D eigenvalue weighted by Crippen LogP contribution is 2.43. The zero-order valence-corrected chi connectivity index (χ0v) is 15.8. The van der Waals surface area contributed by atoms with E-state index in [-0.39, 0.29) is 5.41 Å². The van der Waals surface area contributed by atoms with Crippen LogP contribution in [0.15, 0.2) is 30.7 Å². The summed E-state index contributed by atoms with van der Waals surface area (Å²) in [4.78, 5) is 16.8. The van der Waals surface area contributed by atoms with E-state index >= 15 is 0 Å². The topological polar surface area (TPSA) is 97.6 Å². The minimum absolute atomic E-state index is 0.139. The first-order valence-electron chi connectivity index (χ1n) is 9.68. The number of hydrogen-bond acceptors (Lipinski definition) is 7. The van der Waals surface area contributed by atoms with Gasteiger partial charge >= 0.3 is 0 Å². The monoisotopic (exact) mass is 374 g/mol. The molecule has 1 N–H and O–H groups in total. The molecule has 0 aliphatic carbocycles. The van der Waals surface area contributed by atoms with Crippen molar-refractivity contribution >= 4 is 22.7 Å². The van der Waals surface area contributed by atoms with Crippen molar-refractivity contribution in [2.75, 3.05) is 36.0 Å². The smallest absolute Gasteiger partial charge is 0.163 e. The molecule has 3 aromatic heterocycles. The van der Waals surface area contributed by atoms with Crippen LogP contribution in [0.4, 0.5) is 11.6 Å². The minimum atomic E-state index is 0.139. The van der Waals surface area contributed by atoms with Crippen LogP contribution < -0.4 is 9.80 Å². The van der Waals surface area contributed by atoms with Gasteiger partial charge in [0.15, 0.2) is 11.5 Å². The highest BCUT2D eigenvalue weighted by Gasteiger charge is 2.44. The Hall–Kier alpha value is -3.21. The average Bonchev–Trinajstić information content (AvgIpc) is 3.21. The molecule has 0 spiro atoms. The molecule has 28 heavy (non-hydrogen) atoms. The summed E-state index contributed by atoms with van der Waals surface area (Å²) in [6.07, 6.45) is 5.87. The number of aromatic nitrogens is 5. The van der Waals surface area contributed by atoms with Gasteiger partial charge in [0.2, 0.25) is 0 Å². The van der Waals surface area contributed by atoms with E-state index in [0.29, 0.717) is 11.6 Å². The first-order chi connectivity index (χ1) is 13.7. The molecule has 3 aromatic rings. The lowest BCUT2D eigenvalue weighted by atomic mass is 9.68. The predicted molar refractivity (Wildman–Crippen MR) is 106 cm³/mol. The lowest BCUT2D eigenvalue weighted by Gasteiger charge is -2.52. The van der Waals surface area contributed by atoms with E-state index in [4.69, 9.17) is 5.26 Å². The third kappa shape index (κ3) is 2.74. The van der Waals surface area contributed by atoms with Crippen molar-refractivity contribution in [2.45, 2.75) is 19.8 Å². The van der Waals surface area contributed by atoms with E-state index < -0.39 is 0 Å². The molecule has 8 nitrogen and oxygen atoms in total. The number of H-pyrrole nitrogens is 1. The van der Waals surface area contributed by atoms with E-state index in [9.17, 15) is 0 Å². The molecule has 8 heteroatoms. The number of piperidine rings is 2. The third-order valence-corrected chi connectivity index (χ3v) is 6.31. The summed E-state index contributed by atoms with van der Waals surface area (Å²) in [7, 11) is 0. The van der Waals surface area contributed by atoms with E-state index in [1.54, 1.807) is 12.4 Å². The second-order valence-electron chi connectivity index (χ2n) is 8.10. The van der Waals surface area contributed by atoms with Crippen LogP contribution in [0.2, 0.25) is 0 Å². The maximum absolute atomic E-state index is 8.95. The first-order valence-corrected chi connectivity index (χ1v) is 9.68. The normalized spacial score (nSPS) is 24.8. The molecule has 0 amide bonds. The molecule has 2 fully saturated rings. The van der Waals surface area contributed by atoms with Crippen molar-refractivity contribution in [2.24, 2.45) is 11.3 Å². The van der Waals surface area contributed by atoms with Crippen molar-refractivity contribution in [3.05, 3.63) is 36.4 Å². The third-order valence-electron chi connectivity index (χ3n) is 6.31. The Morgan fingerprint density at radius 1 is 1.11 bits per heavy atom. The molecule has 5 rings (SSSR count). The van der Waals surface area contributed by atoms with Gasteiger partial charge in [0, 0.05) is 37.8 Å². The number of nitrogens with one attached hydrogen (secondary N) is 1. The zero-order chi connectivity index (χ0) is 19.1. The second-order valence-corrected chi connectivity index (χ2v) is 8.10. The SMILES string of the molecule is C[C@@]12CN(c3ccc(C#N)nn3)CC[C@@H]1CCN(c1ncnc3[nH]ccc13)C2. The van der Waals surface area contributed by atoms with Gasteiger partial charge in [-0.1, -0.05) is 6.92 Å². The van der Waals surface area contributed by atoms with Crippen molar-refractivity contribution in [3.63, 3.8) is 0 Å². The Labute approximate surface area is 163 Å². The Morgan fingerprint density at radius 3 is 2.71 bits per heavy atom. The summed E-state index contributed by atoms with van der Waals surface area (Å²) in [5.74, 6) is 2.56. The number of anilines is 2. The van der Waals surface area contributed by atoms with Crippen LogP contribution in [0.3, 0.4) is 0 Å². The molecule has 2 aliphatic heterocycles. The number of hydrogen-bond donors (Lipinski definition) is 1.